The number of hydrogen-bond acceptors (Lipinski definition) is 12. The van der Waals surface area contributed by atoms with Crippen molar-refractivity contribution in [3.8, 4) is 0 Å². The highest BCUT2D eigenvalue weighted by Crippen LogP contribution is 2.59. The fourth-order valence-corrected chi connectivity index (χ4v) is 8.06. The molecule has 2 bridgehead atoms. The molecule has 13 nitrogen and oxygen atoms in total. The Morgan fingerprint density at radius 1 is 0.964 bits per heavy atom. The lowest BCUT2D eigenvalue weighted by Gasteiger charge is -2.49. The second-order valence-corrected chi connectivity index (χ2v) is 15.4. The minimum atomic E-state index is -1.51. The van der Waals surface area contributed by atoms with Gasteiger partial charge in [-0.25, -0.2) is 0 Å². The molecule has 0 spiro atoms. The maximum atomic E-state index is 14.9. The number of nitrogens with zero attached hydrogens (tertiary/aromatic N) is 1. The smallest absolute Gasteiger partial charge is 0.327 e. The number of amides is 1. The predicted molar refractivity (Wildman–Crippen MR) is 197 cm³/mol. The molecule has 4 fully saturated rings. The zero-order valence-corrected chi connectivity index (χ0v) is 31.2. The van der Waals surface area contributed by atoms with Gasteiger partial charge in [-0.05, 0) is 44.4 Å². The Labute approximate surface area is 320 Å². The summed E-state index contributed by atoms with van der Waals surface area (Å²) >= 11 is 0. The van der Waals surface area contributed by atoms with Crippen molar-refractivity contribution in [2.45, 2.75) is 94.5 Å². The van der Waals surface area contributed by atoms with Gasteiger partial charge in [-0.1, -0.05) is 84.9 Å². The summed E-state index contributed by atoms with van der Waals surface area (Å²) in [6.45, 7) is 5.09. The zero-order chi connectivity index (χ0) is 38.8. The van der Waals surface area contributed by atoms with Crippen molar-refractivity contribution in [1.29, 1.82) is 0 Å². The molecule has 3 aromatic rings. The van der Waals surface area contributed by atoms with Gasteiger partial charge < -0.3 is 39.2 Å². The highest BCUT2D eigenvalue weighted by Gasteiger charge is 2.76. The Bertz CT molecular complexity index is 1810. The van der Waals surface area contributed by atoms with Crippen molar-refractivity contribution in [3.05, 3.63) is 113 Å². The molecular formula is C42H48N2O11. The molecule has 13 heteroatoms. The largest absolute Gasteiger partial charge is 0.499 e. The molecule has 7 atom stereocenters. The molecule has 1 saturated carbocycles. The maximum absolute atomic E-state index is 14.9. The van der Waals surface area contributed by atoms with Crippen LogP contribution in [0.1, 0.15) is 62.3 Å². The van der Waals surface area contributed by atoms with Gasteiger partial charge in [0.25, 0.3) is 0 Å². The normalized spacial score (nSPS) is 27.3. The number of carbonyl (C=O) groups is 3. The molecule has 3 saturated heterocycles. The molecule has 7 rings (SSSR count). The van der Waals surface area contributed by atoms with Crippen molar-refractivity contribution < 1.29 is 53.1 Å². The van der Waals surface area contributed by atoms with E-state index in [1.807, 2.05) is 84.9 Å². The van der Waals surface area contributed by atoms with E-state index in [1.54, 1.807) is 26.8 Å². The van der Waals surface area contributed by atoms with Crippen molar-refractivity contribution in [2.75, 3.05) is 19.8 Å². The number of aliphatic hydroxyl groups is 2. The number of rotatable bonds is 14. The Hall–Kier alpha value is -4.63. The third kappa shape index (κ3) is 7.65. The van der Waals surface area contributed by atoms with Crippen LogP contribution < -0.4 is 5.32 Å². The fraction of sp³-hybridized carbons (Fsp3) is 0.452. The van der Waals surface area contributed by atoms with Crippen molar-refractivity contribution in [1.82, 2.24) is 10.4 Å². The lowest BCUT2D eigenvalue weighted by atomic mass is 9.62. The van der Waals surface area contributed by atoms with Gasteiger partial charge in [-0.3, -0.25) is 19.2 Å². The van der Waals surface area contributed by atoms with Crippen LogP contribution in [0, 0.1) is 5.41 Å². The summed E-state index contributed by atoms with van der Waals surface area (Å²) in [7, 11) is 0. The van der Waals surface area contributed by atoms with Gasteiger partial charge in [0.15, 0.2) is 6.04 Å². The average molecular weight is 757 g/mol. The number of fused-ring (bicyclic) bond motifs is 4. The van der Waals surface area contributed by atoms with Crippen LogP contribution in [0.2, 0.25) is 0 Å². The van der Waals surface area contributed by atoms with Crippen molar-refractivity contribution >= 4 is 23.9 Å². The van der Waals surface area contributed by atoms with E-state index in [9.17, 15) is 19.5 Å². The standard InChI is InChI=1S/C42H48N2O11/c1-40(2,3)52-33(47)19-18-31(26-46)43-39(49)41-24-32-34-35(54-42(53-34,29-10-6-4-7-11-29)30-12-8-5-9-13-30)37(41)55-44(36(41)38(48)51-32)25-28-16-14-27(15-17-28)20-22-50-23-21-45/h4-17,20,22,31-32,34-37,45-46H,18-19,21,23-26H2,1-3H3,(H,43,49)/t31-,32+,34-,35-,36-,37+,41-/m0/s1. The number of benzene rings is 3. The number of aliphatic hydroxyl groups excluding tert-OH is 2. The SMILES string of the molecule is CC(C)(C)OC(=O)CC[C@@H](CO)NC(=O)[C@@]12C[C@H]3OC(=O)[C@@H]1N(Cc1ccc(C=COCCO)cc1)O[C@@H]2[C@H]1OC(c2ccccc2)(c2ccccc2)O[C@H]13. The predicted octanol–water partition coefficient (Wildman–Crippen LogP) is 3.75. The first-order valence-corrected chi connectivity index (χ1v) is 18.7. The summed E-state index contributed by atoms with van der Waals surface area (Å²) in [4.78, 5) is 48.4. The van der Waals surface area contributed by atoms with Crippen LogP contribution in [0.15, 0.2) is 91.2 Å². The molecule has 0 radical (unpaired) electrons. The molecule has 0 unspecified atom stereocenters. The van der Waals surface area contributed by atoms with E-state index in [2.05, 4.69) is 5.32 Å². The Morgan fingerprint density at radius 2 is 1.62 bits per heavy atom. The zero-order valence-electron chi connectivity index (χ0n) is 31.2. The van der Waals surface area contributed by atoms with Gasteiger partial charge in [-0.15, -0.1) is 0 Å². The summed E-state index contributed by atoms with van der Waals surface area (Å²) in [5.74, 6) is -3.01. The van der Waals surface area contributed by atoms with Gasteiger partial charge >= 0.3 is 11.9 Å². The lowest BCUT2D eigenvalue weighted by molar-refractivity contribution is -0.213. The van der Waals surface area contributed by atoms with E-state index in [0.717, 1.165) is 22.3 Å². The highest BCUT2D eigenvalue weighted by molar-refractivity contribution is 5.94. The van der Waals surface area contributed by atoms with Crippen LogP contribution in [-0.2, 0) is 55.2 Å². The highest BCUT2D eigenvalue weighted by atomic mass is 16.8. The van der Waals surface area contributed by atoms with E-state index >= 15 is 0 Å². The first kappa shape index (κ1) is 38.6. The van der Waals surface area contributed by atoms with E-state index in [-0.39, 0.29) is 39.0 Å². The summed E-state index contributed by atoms with van der Waals surface area (Å²) in [6, 6.07) is 24.5. The molecule has 4 aliphatic rings. The molecule has 3 aromatic carbocycles. The molecule has 0 aromatic heterocycles. The summed E-state index contributed by atoms with van der Waals surface area (Å²) in [5, 5.41) is 23.8. The van der Waals surface area contributed by atoms with Crippen LogP contribution in [0.5, 0.6) is 0 Å². The minimum absolute atomic E-state index is 0.0347. The fourth-order valence-electron chi connectivity index (χ4n) is 8.06. The van der Waals surface area contributed by atoms with Crippen molar-refractivity contribution in [2.24, 2.45) is 5.41 Å². The third-order valence-electron chi connectivity index (χ3n) is 10.4. The van der Waals surface area contributed by atoms with Gasteiger partial charge in [0, 0.05) is 24.0 Å². The van der Waals surface area contributed by atoms with Crippen LogP contribution in [0.4, 0.5) is 0 Å². The molecule has 3 heterocycles. The van der Waals surface area contributed by atoms with E-state index in [0.29, 0.717) is 0 Å². The van der Waals surface area contributed by atoms with E-state index in [4.69, 9.17) is 33.6 Å². The number of hydrogen-bond donors (Lipinski definition) is 3. The number of hydroxylamine groups is 2. The Morgan fingerprint density at radius 3 is 2.24 bits per heavy atom. The lowest BCUT2D eigenvalue weighted by Crippen LogP contribution is -2.70. The Balaban J connectivity index is 1.23. The maximum Gasteiger partial charge on any atom is 0.327 e. The van der Waals surface area contributed by atoms with E-state index < -0.39 is 77.8 Å². The number of esters is 2. The van der Waals surface area contributed by atoms with Gasteiger partial charge in [-0.2, -0.15) is 5.06 Å². The first-order valence-electron chi connectivity index (χ1n) is 18.7. The number of carbonyl (C=O) groups excluding carboxylic acids is 3. The van der Waals surface area contributed by atoms with Crippen molar-refractivity contribution in [3.63, 3.8) is 0 Å². The van der Waals surface area contributed by atoms with Gasteiger partial charge in [0.1, 0.15) is 42.0 Å². The molecule has 3 N–H and O–H groups in total. The monoisotopic (exact) mass is 756 g/mol. The number of ether oxygens (including phenoxy) is 5. The topological polar surface area (TPSA) is 162 Å². The second-order valence-electron chi connectivity index (χ2n) is 15.4. The average Bonchev–Trinajstić information content (AvgIpc) is 3.75. The van der Waals surface area contributed by atoms with Crippen LogP contribution in [0.3, 0.4) is 0 Å². The Kier molecular flexibility index (Phi) is 11.1. The molecule has 1 amide bonds. The van der Waals surface area contributed by atoms with Crippen LogP contribution in [0.25, 0.3) is 6.08 Å². The van der Waals surface area contributed by atoms with Crippen LogP contribution in [-0.4, -0.2) is 95.0 Å². The molecular weight excluding hydrogens is 708 g/mol. The quantitative estimate of drug-likeness (QED) is 0.124. The molecule has 292 valence electrons. The first-order chi connectivity index (χ1) is 26.5. The third-order valence-corrected chi connectivity index (χ3v) is 10.4. The summed E-state index contributed by atoms with van der Waals surface area (Å²) in [6.07, 6.45) is -0.100. The van der Waals surface area contributed by atoms with E-state index in [1.165, 1.54) is 11.3 Å². The summed E-state index contributed by atoms with van der Waals surface area (Å²) < 4.78 is 30.8. The molecule has 1 aliphatic carbocycles. The van der Waals surface area contributed by atoms with Gasteiger partial charge in [0.2, 0.25) is 11.7 Å². The molecule has 55 heavy (non-hydrogen) atoms. The van der Waals surface area contributed by atoms with Crippen LogP contribution >= 0.6 is 0 Å². The second kappa shape index (κ2) is 15.8. The molecule has 3 aliphatic heterocycles. The minimum Gasteiger partial charge on any atom is -0.499 e. The van der Waals surface area contributed by atoms with Gasteiger partial charge in [0.05, 0.1) is 32.1 Å². The summed E-state index contributed by atoms with van der Waals surface area (Å²) in [5.41, 5.74) is 0.895. The number of nitrogens with one attached hydrogen (secondary N) is 1.